The second-order valence-electron chi connectivity index (χ2n) is 18.2. The molecular formula is C54H68N5O8S2+. The van der Waals surface area contributed by atoms with Crippen molar-refractivity contribution in [1.29, 1.82) is 0 Å². The van der Waals surface area contributed by atoms with Crippen LogP contribution in [0.5, 0.6) is 0 Å². The quantitative estimate of drug-likeness (QED) is 0.0223. The highest BCUT2D eigenvalue weighted by Gasteiger charge is 2.49. The molecule has 1 atom stereocenters. The highest BCUT2D eigenvalue weighted by molar-refractivity contribution is 7.89. The molecule has 0 radical (unpaired) electrons. The summed E-state index contributed by atoms with van der Waals surface area (Å²) in [5.41, 5.74) is 5.93. The lowest BCUT2D eigenvalue weighted by atomic mass is 9.80. The molecule has 4 aromatic carbocycles. The lowest BCUT2D eigenvalue weighted by Gasteiger charge is -2.33. The van der Waals surface area contributed by atoms with Gasteiger partial charge in [-0.1, -0.05) is 61.0 Å². The van der Waals surface area contributed by atoms with E-state index in [1.54, 1.807) is 0 Å². The number of fused-ring (bicyclic) bond motifs is 3. The van der Waals surface area contributed by atoms with Gasteiger partial charge in [-0.05, 0) is 133 Å². The number of nitrogens with one attached hydrogen (secondary N) is 3. The van der Waals surface area contributed by atoms with E-state index in [1.165, 1.54) is 12.1 Å². The van der Waals surface area contributed by atoms with Crippen LogP contribution >= 0.6 is 0 Å². The minimum Gasteiger partial charge on any atom is -0.456 e. The predicted octanol–water partition coefficient (Wildman–Crippen LogP) is 8.77. The Balaban J connectivity index is 1.01. The number of nitrogens with zero attached hydrogens (tertiary/aromatic N) is 2. The van der Waals surface area contributed by atoms with Crippen LogP contribution in [-0.2, 0) is 47.4 Å². The van der Waals surface area contributed by atoms with E-state index < -0.39 is 36.2 Å². The van der Waals surface area contributed by atoms with Crippen LogP contribution in [0.1, 0.15) is 102 Å². The molecule has 368 valence electrons. The van der Waals surface area contributed by atoms with Crippen LogP contribution in [0.2, 0.25) is 0 Å². The predicted molar refractivity (Wildman–Crippen MR) is 274 cm³/mol. The van der Waals surface area contributed by atoms with E-state index in [9.17, 15) is 26.2 Å². The number of ether oxygens (including phenoxy) is 1. The van der Waals surface area contributed by atoms with Gasteiger partial charge in [0.25, 0.3) is 10.1 Å². The number of sulfonamides is 1. The van der Waals surface area contributed by atoms with Gasteiger partial charge in [0.1, 0.15) is 34.9 Å². The van der Waals surface area contributed by atoms with Gasteiger partial charge in [-0.3, -0.25) is 9.35 Å². The van der Waals surface area contributed by atoms with E-state index >= 15 is 0 Å². The van der Waals surface area contributed by atoms with Crippen molar-refractivity contribution in [3.05, 3.63) is 131 Å². The number of unbranched alkanes of at least 4 members (excludes halogenated alkanes) is 2. The van der Waals surface area contributed by atoms with E-state index in [4.69, 9.17) is 9.15 Å². The van der Waals surface area contributed by atoms with Gasteiger partial charge in [-0.15, -0.1) is 0 Å². The Labute approximate surface area is 408 Å². The Bertz CT molecular complexity index is 3050. The largest absolute Gasteiger partial charge is 0.456 e. The molecule has 69 heavy (non-hydrogen) atoms. The van der Waals surface area contributed by atoms with E-state index in [0.717, 1.165) is 84.9 Å². The third-order valence-corrected chi connectivity index (χ3v) is 15.8. The molecule has 1 aliphatic carbocycles. The Kier molecular flexibility index (Phi) is 16.2. The molecule has 0 aromatic heterocycles. The van der Waals surface area contributed by atoms with Crippen molar-refractivity contribution in [2.45, 2.75) is 108 Å². The average molecular weight is 979 g/mol. The van der Waals surface area contributed by atoms with Crippen LogP contribution in [0.4, 0.5) is 5.69 Å². The fourth-order valence-electron chi connectivity index (χ4n) is 9.85. The molecule has 4 aromatic rings. The Morgan fingerprint density at radius 2 is 1.51 bits per heavy atom. The first kappa shape index (κ1) is 51.4. The van der Waals surface area contributed by atoms with E-state index in [0.29, 0.717) is 53.7 Å². The van der Waals surface area contributed by atoms with Crippen LogP contribution in [0.15, 0.2) is 117 Å². The topological polar surface area (TPSA) is 170 Å². The lowest BCUT2D eigenvalue weighted by molar-refractivity contribution is -0.121. The molecule has 13 nitrogen and oxygen atoms in total. The standard InChI is InChI=1S/C54H67N5O8S2/c1-8-58(9-2)40-23-26-43-48(34-40)66-49-35-41(59(10-3)11-4)24-27-44(49)52(43)45-28-25-42(36-50(45)69(63,64)65)68(61,62)57-32-17-13-16-21-51(60)56-37-38-22-29-46-47(33-38)53(5,6)67-54(46,30-18-31-55-7)39-19-14-12-15-20-39/h12,14-15,19-20,22-29,33-36,55,57H,8-11,13,16-18,21,30-32,37H2,1-7H3,(H-,56,60,63,64,65)/p+1. The first-order chi connectivity index (χ1) is 33.0. The van der Waals surface area contributed by atoms with Crippen molar-refractivity contribution in [1.82, 2.24) is 19.9 Å². The van der Waals surface area contributed by atoms with Gasteiger partial charge in [0.05, 0.1) is 16.6 Å². The minimum absolute atomic E-state index is 0.0680. The number of rotatable bonds is 22. The average Bonchev–Trinajstić information content (AvgIpc) is 3.57. The van der Waals surface area contributed by atoms with Gasteiger partial charge >= 0.3 is 0 Å². The summed E-state index contributed by atoms with van der Waals surface area (Å²) in [5, 5.41) is 7.84. The fourth-order valence-corrected chi connectivity index (χ4v) is 11.7. The molecule has 15 heteroatoms. The monoisotopic (exact) mass is 978 g/mol. The van der Waals surface area contributed by atoms with Crippen LogP contribution in [0, 0.1) is 0 Å². The summed E-state index contributed by atoms with van der Waals surface area (Å²) in [6, 6.07) is 32.0. The number of hydrogen-bond donors (Lipinski definition) is 4. The molecule has 1 amide bonds. The van der Waals surface area contributed by atoms with Crippen LogP contribution in [0.25, 0.3) is 33.4 Å². The number of hydrogen-bond acceptors (Lipinski definition) is 9. The molecule has 1 unspecified atom stereocenters. The fraction of sp³-hybridized carbons (Fsp3) is 0.407. The second kappa shape index (κ2) is 21.7. The maximum Gasteiger partial charge on any atom is 0.295 e. The molecule has 0 saturated heterocycles. The molecule has 0 bridgehead atoms. The third kappa shape index (κ3) is 11.1. The molecule has 7 rings (SSSR count). The maximum absolute atomic E-state index is 13.7. The summed E-state index contributed by atoms with van der Waals surface area (Å²) in [6.45, 7) is 16.8. The number of carbonyl (C=O) groups is 1. The minimum atomic E-state index is -4.94. The zero-order valence-corrected chi connectivity index (χ0v) is 42.7. The third-order valence-electron chi connectivity index (χ3n) is 13.4. The highest BCUT2D eigenvalue weighted by Crippen LogP contribution is 2.53. The number of benzene rings is 5. The Morgan fingerprint density at radius 3 is 2.20 bits per heavy atom. The number of anilines is 1. The summed E-state index contributed by atoms with van der Waals surface area (Å²) < 4.78 is 82.6. The van der Waals surface area contributed by atoms with Crippen molar-refractivity contribution in [2.24, 2.45) is 0 Å². The van der Waals surface area contributed by atoms with Gasteiger partial charge in [0.2, 0.25) is 21.3 Å². The van der Waals surface area contributed by atoms with E-state index in [1.807, 2.05) is 61.6 Å². The van der Waals surface area contributed by atoms with E-state index in [-0.39, 0.29) is 29.3 Å². The molecule has 4 N–H and O–H groups in total. The molecule has 3 aliphatic rings. The number of carbonyl (C=O) groups excluding carboxylic acids is 1. The van der Waals surface area contributed by atoms with Gasteiger partial charge in [-0.2, -0.15) is 8.42 Å². The summed E-state index contributed by atoms with van der Waals surface area (Å²) in [4.78, 5) is 14.3. The summed E-state index contributed by atoms with van der Waals surface area (Å²) in [7, 11) is -7.18. The maximum atomic E-state index is 13.7. The van der Waals surface area contributed by atoms with Crippen LogP contribution in [0.3, 0.4) is 0 Å². The summed E-state index contributed by atoms with van der Waals surface area (Å²) in [6.07, 6.45) is 3.62. The van der Waals surface area contributed by atoms with Gasteiger partial charge in [-0.25, -0.2) is 17.7 Å². The normalized spacial score (nSPS) is 15.7. The molecule has 0 fully saturated rings. The lowest BCUT2D eigenvalue weighted by Crippen LogP contribution is -2.31. The Hall–Kier alpha value is -5.42. The smallest absolute Gasteiger partial charge is 0.295 e. The van der Waals surface area contributed by atoms with Crippen molar-refractivity contribution >= 4 is 42.7 Å². The zero-order chi connectivity index (χ0) is 49.6. The van der Waals surface area contributed by atoms with Crippen molar-refractivity contribution in [3.63, 3.8) is 0 Å². The van der Waals surface area contributed by atoms with Crippen molar-refractivity contribution < 1.29 is 35.3 Å². The van der Waals surface area contributed by atoms with Gasteiger partial charge < -0.3 is 24.7 Å². The first-order valence-corrected chi connectivity index (χ1v) is 27.2. The van der Waals surface area contributed by atoms with E-state index in [2.05, 4.69) is 96.7 Å². The molecule has 2 aliphatic heterocycles. The summed E-state index contributed by atoms with van der Waals surface area (Å²) >= 11 is 0. The van der Waals surface area contributed by atoms with Crippen molar-refractivity contribution in [3.8, 4) is 22.5 Å². The van der Waals surface area contributed by atoms with Gasteiger partial charge in [0, 0.05) is 72.5 Å². The summed E-state index contributed by atoms with van der Waals surface area (Å²) in [5.74, 6) is 0.410. The molecule has 0 saturated carbocycles. The SMILES string of the molecule is CCN(CC)c1ccc2c(-c3ccc(S(=O)(=O)NCCCCCC(=O)NCc4ccc5c(c4)C(C)(C)OC5(CCCNC)c4ccccc4)cc3S(=O)(=O)O)c3ccc(=[N+](CC)CC)cc-3oc2c1. The van der Waals surface area contributed by atoms with Crippen molar-refractivity contribution in [2.75, 3.05) is 51.2 Å². The molecular weight excluding hydrogens is 911 g/mol. The van der Waals surface area contributed by atoms with Gasteiger partial charge in [0.15, 0.2) is 0 Å². The Morgan fingerprint density at radius 1 is 0.768 bits per heavy atom. The molecule has 2 heterocycles. The zero-order valence-electron chi connectivity index (χ0n) is 41.0. The second-order valence-corrected chi connectivity index (χ2v) is 21.4. The van der Waals surface area contributed by atoms with Crippen LogP contribution < -0.4 is 30.2 Å². The molecule has 0 spiro atoms. The van der Waals surface area contributed by atoms with Crippen LogP contribution in [-0.4, -0.2) is 73.6 Å². The number of amides is 1. The highest BCUT2D eigenvalue weighted by atomic mass is 32.2. The first-order valence-electron chi connectivity index (χ1n) is 24.3.